The molecule has 0 unspecified atom stereocenters. The predicted octanol–water partition coefficient (Wildman–Crippen LogP) is 2.97. The number of nitrogens with zero attached hydrogens (tertiary/aromatic N) is 4. The molecule has 1 amide bonds. The van der Waals surface area contributed by atoms with E-state index in [0.29, 0.717) is 13.0 Å². The molecule has 1 aliphatic heterocycles. The van der Waals surface area contributed by atoms with Crippen LogP contribution in [0.3, 0.4) is 0 Å². The molecule has 1 saturated heterocycles. The number of aryl methyl sites for hydroxylation is 2. The highest BCUT2D eigenvalue weighted by molar-refractivity contribution is 5.76. The minimum absolute atomic E-state index is 0.119. The number of hydrogen-bond donors (Lipinski definition) is 0. The molecule has 1 fully saturated rings. The number of anilines is 1. The van der Waals surface area contributed by atoms with Gasteiger partial charge >= 0.3 is 0 Å². The lowest BCUT2D eigenvalue weighted by atomic mass is 9.97. The van der Waals surface area contributed by atoms with E-state index in [0.717, 1.165) is 37.6 Å². The summed E-state index contributed by atoms with van der Waals surface area (Å²) in [4.78, 5) is 21.5. The molecular formula is C21H30N4O2. The molecule has 1 aromatic carbocycles. The van der Waals surface area contributed by atoms with Crippen molar-refractivity contribution in [2.45, 2.75) is 45.7 Å². The number of amides is 1. The van der Waals surface area contributed by atoms with Crippen LogP contribution in [0.4, 0.5) is 5.69 Å². The Bertz CT molecular complexity index is 767. The normalized spacial score (nSPS) is 16.4. The number of carbonyl (C=O) groups excluding carboxylic acids is 1. The van der Waals surface area contributed by atoms with E-state index in [2.05, 4.69) is 47.4 Å². The van der Waals surface area contributed by atoms with E-state index in [9.17, 15) is 4.79 Å². The van der Waals surface area contributed by atoms with Crippen LogP contribution < -0.4 is 9.64 Å². The van der Waals surface area contributed by atoms with Gasteiger partial charge in [-0.15, -0.1) is 0 Å². The predicted molar refractivity (Wildman–Crippen MR) is 107 cm³/mol. The molecule has 6 nitrogen and oxygen atoms in total. The molecule has 6 heteroatoms. The van der Waals surface area contributed by atoms with Crippen molar-refractivity contribution in [2.75, 3.05) is 31.6 Å². The standard InChI is InChI=1S/C21H30N4O2/c1-5-19-22-11-13-23(19)12-10-20(26)24-14-15-25(21(2,3)16-24)17-6-8-18(27-4)9-7-17/h6-9,11,13H,5,10,12,14-16H2,1-4H3. The topological polar surface area (TPSA) is 50.6 Å². The lowest BCUT2D eigenvalue weighted by Crippen LogP contribution is -2.60. The van der Waals surface area contributed by atoms with Crippen LogP contribution in [0.5, 0.6) is 5.75 Å². The van der Waals surface area contributed by atoms with Crippen molar-refractivity contribution in [1.82, 2.24) is 14.5 Å². The van der Waals surface area contributed by atoms with Gasteiger partial charge in [-0.3, -0.25) is 4.79 Å². The number of rotatable bonds is 6. The van der Waals surface area contributed by atoms with Crippen LogP contribution in [-0.2, 0) is 17.8 Å². The summed E-state index contributed by atoms with van der Waals surface area (Å²) in [6, 6.07) is 8.14. The summed E-state index contributed by atoms with van der Waals surface area (Å²) in [5, 5.41) is 0. The summed E-state index contributed by atoms with van der Waals surface area (Å²) in [7, 11) is 1.68. The first kappa shape index (κ1) is 19.3. The van der Waals surface area contributed by atoms with Crippen LogP contribution in [0, 0.1) is 0 Å². The van der Waals surface area contributed by atoms with Gasteiger partial charge in [0.2, 0.25) is 5.91 Å². The number of hydrogen-bond acceptors (Lipinski definition) is 4. The first-order valence-corrected chi connectivity index (χ1v) is 9.64. The Hall–Kier alpha value is -2.50. The average molecular weight is 370 g/mol. The molecule has 0 spiro atoms. The maximum Gasteiger partial charge on any atom is 0.224 e. The highest BCUT2D eigenvalue weighted by Gasteiger charge is 2.35. The minimum atomic E-state index is -0.119. The maximum atomic E-state index is 12.8. The van der Waals surface area contributed by atoms with Gasteiger partial charge in [0, 0.05) is 57.1 Å². The molecule has 0 atom stereocenters. The minimum Gasteiger partial charge on any atom is -0.497 e. The summed E-state index contributed by atoms with van der Waals surface area (Å²) in [5.41, 5.74) is 1.05. The summed E-state index contributed by atoms with van der Waals surface area (Å²) in [6.45, 7) is 9.48. The third-order valence-electron chi connectivity index (χ3n) is 5.32. The van der Waals surface area contributed by atoms with E-state index in [1.807, 2.05) is 23.2 Å². The lowest BCUT2D eigenvalue weighted by molar-refractivity contribution is -0.132. The molecule has 27 heavy (non-hydrogen) atoms. The number of aromatic nitrogens is 2. The zero-order valence-corrected chi connectivity index (χ0v) is 16.8. The highest BCUT2D eigenvalue weighted by atomic mass is 16.5. The van der Waals surface area contributed by atoms with E-state index < -0.39 is 0 Å². The van der Waals surface area contributed by atoms with Crippen LogP contribution in [-0.4, -0.2) is 52.6 Å². The van der Waals surface area contributed by atoms with Gasteiger partial charge in [0.05, 0.1) is 12.6 Å². The summed E-state index contributed by atoms with van der Waals surface area (Å²) < 4.78 is 7.33. The molecule has 1 aliphatic rings. The van der Waals surface area contributed by atoms with Crippen LogP contribution in [0.25, 0.3) is 0 Å². The smallest absolute Gasteiger partial charge is 0.224 e. The first-order valence-electron chi connectivity index (χ1n) is 9.64. The number of carbonyl (C=O) groups is 1. The number of ether oxygens (including phenoxy) is 1. The number of methoxy groups -OCH3 is 1. The van der Waals surface area contributed by atoms with Gasteiger partial charge in [-0.2, -0.15) is 0 Å². The van der Waals surface area contributed by atoms with Gasteiger partial charge < -0.3 is 19.1 Å². The largest absolute Gasteiger partial charge is 0.497 e. The van der Waals surface area contributed by atoms with E-state index in [1.165, 1.54) is 5.69 Å². The highest BCUT2D eigenvalue weighted by Crippen LogP contribution is 2.29. The van der Waals surface area contributed by atoms with Gasteiger partial charge in [-0.25, -0.2) is 4.98 Å². The van der Waals surface area contributed by atoms with Crippen LogP contribution in [0.2, 0.25) is 0 Å². The Balaban J connectivity index is 1.61. The zero-order valence-electron chi connectivity index (χ0n) is 16.8. The molecular weight excluding hydrogens is 340 g/mol. The third kappa shape index (κ3) is 4.26. The Morgan fingerprint density at radius 3 is 2.59 bits per heavy atom. The second-order valence-corrected chi connectivity index (χ2v) is 7.62. The van der Waals surface area contributed by atoms with Crippen molar-refractivity contribution in [3.05, 3.63) is 42.5 Å². The SMILES string of the molecule is CCc1nccn1CCC(=O)N1CCN(c2ccc(OC)cc2)C(C)(C)C1. The molecule has 2 heterocycles. The van der Waals surface area contributed by atoms with Gasteiger partial charge in [0.1, 0.15) is 11.6 Å². The summed E-state index contributed by atoms with van der Waals surface area (Å²) in [5.74, 6) is 2.11. The number of piperazine rings is 1. The summed E-state index contributed by atoms with van der Waals surface area (Å²) >= 11 is 0. The fourth-order valence-electron chi connectivity index (χ4n) is 3.84. The molecule has 0 bridgehead atoms. The Morgan fingerprint density at radius 2 is 1.96 bits per heavy atom. The number of benzene rings is 1. The molecule has 0 radical (unpaired) electrons. The second-order valence-electron chi connectivity index (χ2n) is 7.62. The molecule has 0 N–H and O–H groups in total. The van der Waals surface area contributed by atoms with Crippen molar-refractivity contribution in [1.29, 1.82) is 0 Å². The Labute approximate surface area is 161 Å². The van der Waals surface area contributed by atoms with Gasteiger partial charge in [0.15, 0.2) is 0 Å². The van der Waals surface area contributed by atoms with Gasteiger partial charge in [-0.05, 0) is 38.1 Å². The van der Waals surface area contributed by atoms with E-state index >= 15 is 0 Å². The first-order chi connectivity index (χ1) is 12.9. The monoisotopic (exact) mass is 370 g/mol. The van der Waals surface area contributed by atoms with E-state index in [1.54, 1.807) is 13.3 Å². The van der Waals surface area contributed by atoms with Crippen molar-refractivity contribution in [3.63, 3.8) is 0 Å². The van der Waals surface area contributed by atoms with Crippen molar-refractivity contribution in [3.8, 4) is 5.75 Å². The quantitative estimate of drug-likeness (QED) is 0.784. The van der Waals surface area contributed by atoms with Crippen LogP contribution in [0.15, 0.2) is 36.7 Å². The molecule has 3 rings (SSSR count). The molecule has 0 aliphatic carbocycles. The third-order valence-corrected chi connectivity index (χ3v) is 5.32. The fraction of sp³-hybridized carbons (Fsp3) is 0.524. The molecule has 146 valence electrons. The molecule has 2 aromatic rings. The molecule has 0 saturated carbocycles. The van der Waals surface area contributed by atoms with Crippen LogP contribution in [0.1, 0.15) is 33.0 Å². The zero-order chi connectivity index (χ0) is 19.4. The van der Waals surface area contributed by atoms with Crippen molar-refractivity contribution < 1.29 is 9.53 Å². The second kappa shape index (κ2) is 8.03. The van der Waals surface area contributed by atoms with Crippen molar-refractivity contribution >= 4 is 11.6 Å². The average Bonchev–Trinajstić information content (AvgIpc) is 3.13. The van der Waals surface area contributed by atoms with Crippen molar-refractivity contribution in [2.24, 2.45) is 0 Å². The lowest BCUT2D eigenvalue weighted by Gasteiger charge is -2.48. The van der Waals surface area contributed by atoms with Crippen LogP contribution >= 0.6 is 0 Å². The van der Waals surface area contributed by atoms with E-state index in [-0.39, 0.29) is 11.4 Å². The Morgan fingerprint density at radius 1 is 1.22 bits per heavy atom. The molecule has 1 aromatic heterocycles. The van der Waals surface area contributed by atoms with Gasteiger partial charge in [-0.1, -0.05) is 6.92 Å². The summed E-state index contributed by atoms with van der Waals surface area (Å²) in [6.07, 6.45) is 5.16. The Kier molecular flexibility index (Phi) is 5.73. The van der Waals surface area contributed by atoms with Gasteiger partial charge in [0.25, 0.3) is 0 Å². The maximum absolute atomic E-state index is 12.8. The van der Waals surface area contributed by atoms with E-state index in [4.69, 9.17) is 4.74 Å². The number of imidazole rings is 1. The fourth-order valence-corrected chi connectivity index (χ4v) is 3.84.